The van der Waals surface area contributed by atoms with Crippen LogP contribution in [0.3, 0.4) is 0 Å². The minimum atomic E-state index is -0.506. The van der Waals surface area contributed by atoms with Gasteiger partial charge in [-0.1, -0.05) is 13.8 Å². The third-order valence-electron chi connectivity index (χ3n) is 3.32. The molecule has 0 aliphatic rings. The van der Waals surface area contributed by atoms with Gasteiger partial charge in [0, 0.05) is 11.1 Å². The molecule has 8 heteroatoms. The van der Waals surface area contributed by atoms with E-state index in [9.17, 15) is 0 Å². The Morgan fingerprint density at radius 3 is 2.26 bits per heavy atom. The molecule has 124 valence electrons. The summed E-state index contributed by atoms with van der Waals surface area (Å²) in [6.07, 6.45) is 1.44. The quantitative estimate of drug-likeness (QED) is 0.489. The number of nitrogen functional groups attached to an aromatic ring is 2. The zero-order valence-corrected chi connectivity index (χ0v) is 14.2. The van der Waals surface area contributed by atoms with Gasteiger partial charge in [-0.3, -0.25) is 0 Å². The van der Waals surface area contributed by atoms with E-state index in [4.69, 9.17) is 26.7 Å². The van der Waals surface area contributed by atoms with Crippen molar-refractivity contribution in [3.8, 4) is 17.2 Å². The lowest BCUT2D eigenvalue weighted by Gasteiger charge is -2.19. The maximum atomic E-state index is 5.90. The molecular weight excluding hydrogens is 314 g/mol. The van der Waals surface area contributed by atoms with Crippen molar-refractivity contribution in [3.05, 3.63) is 29.5 Å². The summed E-state index contributed by atoms with van der Waals surface area (Å²) in [5.74, 6) is 2.03. The molecule has 0 fully saturated rings. The predicted octanol–water partition coefficient (Wildman–Crippen LogP) is 2.45. The number of nitrogens with two attached hydrogens (primary N) is 3. The lowest BCUT2D eigenvalue weighted by Crippen LogP contribution is -2.07. The molecule has 2 rings (SSSR count). The first-order valence-corrected chi connectivity index (χ1v) is 7.56. The minimum absolute atomic E-state index is 0.0896. The van der Waals surface area contributed by atoms with Gasteiger partial charge in [0.05, 0.1) is 18.7 Å². The van der Waals surface area contributed by atoms with Crippen molar-refractivity contribution in [1.29, 1.82) is 0 Å². The highest BCUT2D eigenvalue weighted by molar-refractivity contribution is 7.80. The van der Waals surface area contributed by atoms with Gasteiger partial charge >= 0.3 is 0 Å². The first-order valence-electron chi connectivity index (χ1n) is 7.04. The third kappa shape index (κ3) is 3.77. The fraction of sp³-hybridized carbons (Fsp3) is 0.333. The Balaban J connectivity index is 2.52. The first-order chi connectivity index (χ1) is 10.8. The van der Waals surface area contributed by atoms with Crippen molar-refractivity contribution in [2.75, 3.05) is 18.6 Å². The molecule has 23 heavy (non-hydrogen) atoms. The molecule has 0 saturated carbocycles. The van der Waals surface area contributed by atoms with E-state index in [1.165, 1.54) is 6.20 Å². The molecule has 1 atom stereocenters. The molecule has 1 heterocycles. The molecule has 7 nitrogen and oxygen atoms in total. The van der Waals surface area contributed by atoms with Crippen LogP contribution in [-0.4, -0.2) is 17.1 Å². The number of methoxy groups -OCH3 is 1. The molecule has 0 aliphatic carbocycles. The number of ether oxygens (including phenoxy) is 2. The summed E-state index contributed by atoms with van der Waals surface area (Å²) < 4.78 is 11.3. The average Bonchev–Trinajstić information content (AvgIpc) is 2.49. The monoisotopic (exact) mass is 335 g/mol. The second kappa shape index (κ2) is 6.93. The topological polar surface area (TPSA) is 122 Å². The summed E-state index contributed by atoms with van der Waals surface area (Å²) in [6, 6.07) is 3.68. The van der Waals surface area contributed by atoms with Crippen LogP contribution in [0.5, 0.6) is 17.2 Å². The number of aromatic nitrogens is 2. The average molecular weight is 335 g/mol. The summed E-state index contributed by atoms with van der Waals surface area (Å²) in [4.78, 5) is 7.79. The highest BCUT2D eigenvalue weighted by atomic mass is 32.1. The largest absolute Gasteiger partial charge is 0.496 e. The lowest BCUT2D eigenvalue weighted by atomic mass is 9.99. The number of rotatable bonds is 5. The van der Waals surface area contributed by atoms with Crippen LogP contribution < -0.4 is 26.7 Å². The van der Waals surface area contributed by atoms with Crippen molar-refractivity contribution < 1.29 is 9.47 Å². The van der Waals surface area contributed by atoms with Crippen molar-refractivity contribution >= 4 is 24.4 Å². The van der Waals surface area contributed by atoms with Crippen LogP contribution in [0.1, 0.15) is 36.3 Å². The van der Waals surface area contributed by atoms with Gasteiger partial charge in [-0.25, -0.2) is 4.98 Å². The van der Waals surface area contributed by atoms with E-state index < -0.39 is 5.37 Å². The van der Waals surface area contributed by atoms with Crippen LogP contribution in [0.15, 0.2) is 18.3 Å². The van der Waals surface area contributed by atoms with Crippen LogP contribution in [0.4, 0.5) is 11.8 Å². The maximum absolute atomic E-state index is 5.90. The van der Waals surface area contributed by atoms with E-state index in [2.05, 4.69) is 22.6 Å². The maximum Gasteiger partial charge on any atom is 0.222 e. The minimum Gasteiger partial charge on any atom is -0.496 e. The summed E-state index contributed by atoms with van der Waals surface area (Å²) in [6.45, 7) is 4.09. The fourth-order valence-corrected chi connectivity index (χ4v) is 2.34. The summed E-state index contributed by atoms with van der Waals surface area (Å²) in [7, 11) is 1.59. The fourth-order valence-electron chi connectivity index (χ4n) is 2.13. The Morgan fingerprint density at radius 2 is 1.74 bits per heavy atom. The van der Waals surface area contributed by atoms with E-state index in [0.29, 0.717) is 22.8 Å². The summed E-state index contributed by atoms with van der Waals surface area (Å²) in [5, 5.41) is -0.506. The van der Waals surface area contributed by atoms with Crippen LogP contribution in [0.2, 0.25) is 0 Å². The van der Waals surface area contributed by atoms with E-state index in [0.717, 1.165) is 5.56 Å². The van der Waals surface area contributed by atoms with Gasteiger partial charge in [-0.15, -0.1) is 0 Å². The molecule has 0 bridgehead atoms. The summed E-state index contributed by atoms with van der Waals surface area (Å²) >= 11 is 4.28. The van der Waals surface area contributed by atoms with E-state index >= 15 is 0 Å². The Labute approximate surface area is 140 Å². The Kier molecular flexibility index (Phi) is 5.17. The van der Waals surface area contributed by atoms with Crippen molar-refractivity contribution in [1.82, 2.24) is 9.97 Å². The van der Waals surface area contributed by atoms with Crippen molar-refractivity contribution in [3.63, 3.8) is 0 Å². The summed E-state index contributed by atoms with van der Waals surface area (Å²) in [5.41, 5.74) is 18.9. The van der Waals surface area contributed by atoms with Gasteiger partial charge in [0.15, 0.2) is 11.6 Å². The van der Waals surface area contributed by atoms with Crippen LogP contribution in [0, 0.1) is 0 Å². The highest BCUT2D eigenvalue weighted by Crippen LogP contribution is 2.39. The molecule has 0 amide bonds. The molecule has 1 aromatic carbocycles. The molecular formula is C15H21N5O2S. The van der Waals surface area contributed by atoms with E-state index in [1.54, 1.807) is 13.2 Å². The number of hydrogen-bond donors (Lipinski definition) is 4. The second-order valence-electron chi connectivity index (χ2n) is 5.31. The Bertz CT molecular complexity index is 707. The van der Waals surface area contributed by atoms with Crippen molar-refractivity contribution in [2.24, 2.45) is 5.73 Å². The first kappa shape index (κ1) is 17.2. The van der Waals surface area contributed by atoms with Crippen LogP contribution in [0.25, 0.3) is 0 Å². The zero-order valence-electron chi connectivity index (χ0n) is 13.3. The van der Waals surface area contributed by atoms with Gasteiger partial charge in [0.1, 0.15) is 11.5 Å². The SMILES string of the molecule is COc1cc(C(C)C)c(Oc2cnc(N)nc2N)cc1C(N)S. The van der Waals surface area contributed by atoms with Gasteiger partial charge in [-0.2, -0.15) is 17.6 Å². The lowest BCUT2D eigenvalue weighted by molar-refractivity contribution is 0.405. The number of benzene rings is 1. The molecule has 1 aromatic heterocycles. The molecule has 2 aromatic rings. The van der Waals surface area contributed by atoms with Crippen LogP contribution >= 0.6 is 12.6 Å². The molecule has 0 aliphatic heterocycles. The third-order valence-corrected chi connectivity index (χ3v) is 3.60. The highest BCUT2D eigenvalue weighted by Gasteiger charge is 2.18. The zero-order chi connectivity index (χ0) is 17.1. The smallest absolute Gasteiger partial charge is 0.222 e. The predicted molar refractivity (Wildman–Crippen MR) is 93.9 cm³/mol. The van der Waals surface area contributed by atoms with Crippen molar-refractivity contribution in [2.45, 2.75) is 25.1 Å². The van der Waals surface area contributed by atoms with Crippen LogP contribution in [-0.2, 0) is 0 Å². The normalized spacial score (nSPS) is 12.3. The Morgan fingerprint density at radius 1 is 1.09 bits per heavy atom. The number of nitrogens with zero attached hydrogens (tertiary/aromatic N) is 2. The van der Waals surface area contributed by atoms with E-state index in [1.807, 2.05) is 19.9 Å². The van der Waals surface area contributed by atoms with Gasteiger partial charge in [-0.05, 0) is 18.1 Å². The molecule has 0 saturated heterocycles. The van der Waals surface area contributed by atoms with Gasteiger partial charge in [0.25, 0.3) is 0 Å². The standard InChI is InChI=1S/C15H21N5O2S/c1-7(2)8-4-10(21-3)9(14(17)23)5-11(8)22-12-6-19-15(18)20-13(12)16/h4-7,14,23H,17H2,1-3H3,(H4,16,18,19,20). The number of hydrogen-bond acceptors (Lipinski definition) is 8. The Hall–Kier alpha value is -2.19. The van der Waals surface area contributed by atoms with E-state index in [-0.39, 0.29) is 17.7 Å². The number of anilines is 2. The molecule has 0 radical (unpaired) electrons. The number of thiol groups is 1. The molecule has 0 spiro atoms. The van der Waals surface area contributed by atoms with Gasteiger partial charge in [0.2, 0.25) is 5.95 Å². The molecule has 1 unspecified atom stereocenters. The second-order valence-corrected chi connectivity index (χ2v) is 5.87. The van der Waals surface area contributed by atoms with Gasteiger partial charge < -0.3 is 26.7 Å². The molecule has 6 N–H and O–H groups in total.